The Kier molecular flexibility index (Phi) is 6.72. The van der Waals surface area contributed by atoms with Gasteiger partial charge in [0.1, 0.15) is 6.54 Å². The summed E-state index contributed by atoms with van der Waals surface area (Å²) < 4.78 is 0. The molecule has 0 aliphatic carbocycles. The van der Waals surface area contributed by atoms with Crippen LogP contribution >= 0.6 is 23.2 Å². The van der Waals surface area contributed by atoms with Crippen molar-refractivity contribution in [1.82, 2.24) is 4.90 Å². The predicted octanol–water partition coefficient (Wildman–Crippen LogP) is 3.58. The number of carboxylic acid groups (broad SMARTS) is 1. The van der Waals surface area contributed by atoms with Crippen molar-refractivity contribution >= 4 is 41.2 Å². The van der Waals surface area contributed by atoms with Gasteiger partial charge in [-0.25, -0.2) is 0 Å². The number of amides is 1. The molecule has 0 fully saturated rings. The molecule has 0 saturated carbocycles. The van der Waals surface area contributed by atoms with Crippen molar-refractivity contribution in [2.45, 2.75) is 13.8 Å². The summed E-state index contributed by atoms with van der Waals surface area (Å²) in [4.78, 5) is 24.2. The number of hydrogen-bond acceptors (Lipinski definition) is 2. The number of carboxylic acids is 1. The van der Waals surface area contributed by atoms with Gasteiger partial charge < -0.3 is 10.0 Å². The quantitative estimate of drug-likeness (QED) is 0.811. The maximum Gasteiger partial charge on any atom is 0.323 e. The van der Waals surface area contributed by atoms with E-state index in [4.69, 9.17) is 28.3 Å². The molecule has 1 aromatic rings. The zero-order chi connectivity index (χ0) is 16.0. The van der Waals surface area contributed by atoms with Gasteiger partial charge in [-0.2, -0.15) is 0 Å². The van der Waals surface area contributed by atoms with Crippen LogP contribution in [-0.4, -0.2) is 35.0 Å². The first kappa shape index (κ1) is 17.5. The van der Waals surface area contributed by atoms with Crippen molar-refractivity contribution in [3.05, 3.63) is 39.9 Å². The standard InChI is InChI=1S/C15H17Cl2NO3/c1-10(2)8-18(9-15(20)21)14(19)6-4-11-3-5-12(16)13(17)7-11/h3-7,10H,8-9H2,1-2H3,(H,20,21). The van der Waals surface area contributed by atoms with Gasteiger partial charge in [-0.1, -0.05) is 43.1 Å². The molecular formula is C15H17Cl2NO3. The molecule has 1 rings (SSSR count). The molecule has 0 atom stereocenters. The molecule has 0 aliphatic rings. The number of carbonyl (C=O) groups excluding carboxylic acids is 1. The molecule has 0 aromatic heterocycles. The molecule has 21 heavy (non-hydrogen) atoms. The Bertz CT molecular complexity index is 556. The minimum Gasteiger partial charge on any atom is -0.480 e. The predicted molar refractivity (Wildman–Crippen MR) is 84.5 cm³/mol. The van der Waals surface area contributed by atoms with E-state index < -0.39 is 5.97 Å². The zero-order valence-electron chi connectivity index (χ0n) is 11.8. The van der Waals surface area contributed by atoms with Crippen LogP contribution in [-0.2, 0) is 9.59 Å². The molecule has 1 amide bonds. The molecule has 1 aromatic carbocycles. The number of rotatable bonds is 6. The third kappa shape index (κ3) is 6.19. The van der Waals surface area contributed by atoms with Gasteiger partial charge in [-0.15, -0.1) is 0 Å². The Balaban J connectivity index is 2.81. The minimum absolute atomic E-state index is 0.187. The molecule has 0 saturated heterocycles. The normalized spacial score (nSPS) is 11.1. The lowest BCUT2D eigenvalue weighted by molar-refractivity contribution is -0.143. The van der Waals surface area contributed by atoms with Crippen molar-refractivity contribution in [2.24, 2.45) is 5.92 Å². The summed E-state index contributed by atoms with van der Waals surface area (Å²) in [6, 6.07) is 5.00. The van der Waals surface area contributed by atoms with Gasteiger partial charge in [0.05, 0.1) is 10.0 Å². The van der Waals surface area contributed by atoms with Gasteiger partial charge in [-0.05, 0) is 29.7 Å². The molecule has 0 spiro atoms. The van der Waals surface area contributed by atoms with Gasteiger partial charge in [0.25, 0.3) is 0 Å². The molecule has 0 aliphatic heterocycles. The summed E-state index contributed by atoms with van der Waals surface area (Å²) in [5.41, 5.74) is 0.720. The van der Waals surface area contributed by atoms with Crippen LogP contribution in [0.15, 0.2) is 24.3 Å². The van der Waals surface area contributed by atoms with Crippen LogP contribution in [0.1, 0.15) is 19.4 Å². The Labute approximate surface area is 134 Å². The van der Waals surface area contributed by atoms with Crippen molar-refractivity contribution in [3.63, 3.8) is 0 Å². The molecule has 0 radical (unpaired) electrons. The SMILES string of the molecule is CC(C)CN(CC(=O)O)C(=O)C=Cc1ccc(Cl)c(Cl)c1. The molecule has 6 heteroatoms. The second-order valence-electron chi connectivity index (χ2n) is 5.01. The smallest absolute Gasteiger partial charge is 0.323 e. The largest absolute Gasteiger partial charge is 0.480 e. The van der Waals surface area contributed by atoms with E-state index in [0.717, 1.165) is 5.56 Å². The summed E-state index contributed by atoms with van der Waals surface area (Å²) in [5.74, 6) is -1.20. The highest BCUT2D eigenvalue weighted by atomic mass is 35.5. The van der Waals surface area contributed by atoms with Crippen LogP contribution in [0, 0.1) is 5.92 Å². The van der Waals surface area contributed by atoms with E-state index in [1.165, 1.54) is 11.0 Å². The van der Waals surface area contributed by atoms with Gasteiger partial charge in [-0.3, -0.25) is 9.59 Å². The van der Waals surface area contributed by atoms with Gasteiger partial charge >= 0.3 is 5.97 Å². The van der Waals surface area contributed by atoms with Crippen LogP contribution in [0.5, 0.6) is 0 Å². The number of hydrogen-bond donors (Lipinski definition) is 1. The number of halogens is 2. The number of carbonyl (C=O) groups is 2. The van der Waals surface area contributed by atoms with Crippen LogP contribution < -0.4 is 0 Å². The van der Waals surface area contributed by atoms with Gasteiger partial charge in [0.2, 0.25) is 5.91 Å². The Hall–Kier alpha value is -1.52. The molecule has 0 bridgehead atoms. The molecule has 114 valence electrons. The lowest BCUT2D eigenvalue weighted by Crippen LogP contribution is -2.37. The Morgan fingerprint density at radius 1 is 1.29 bits per heavy atom. The molecule has 1 N–H and O–H groups in total. The summed E-state index contributed by atoms with van der Waals surface area (Å²) >= 11 is 11.7. The molecule has 4 nitrogen and oxygen atoms in total. The third-order valence-corrected chi connectivity index (χ3v) is 3.32. The van der Waals surface area contributed by atoms with Crippen LogP contribution in [0.25, 0.3) is 6.08 Å². The fourth-order valence-corrected chi connectivity index (χ4v) is 2.03. The van der Waals surface area contributed by atoms with Crippen molar-refractivity contribution in [1.29, 1.82) is 0 Å². The highest BCUT2D eigenvalue weighted by molar-refractivity contribution is 6.42. The van der Waals surface area contributed by atoms with Crippen molar-refractivity contribution in [3.8, 4) is 0 Å². The van der Waals surface area contributed by atoms with E-state index in [-0.39, 0.29) is 18.4 Å². The fourth-order valence-electron chi connectivity index (χ4n) is 1.73. The average Bonchev–Trinajstić information content (AvgIpc) is 2.38. The van der Waals surface area contributed by atoms with E-state index >= 15 is 0 Å². The number of aliphatic carboxylic acids is 1. The summed E-state index contributed by atoms with van der Waals surface area (Å²) in [6.45, 7) is 3.91. The van der Waals surface area contributed by atoms with E-state index in [1.54, 1.807) is 24.3 Å². The fraction of sp³-hybridized carbons (Fsp3) is 0.333. The summed E-state index contributed by atoms with van der Waals surface area (Å²) in [6.07, 6.45) is 2.92. The van der Waals surface area contributed by atoms with Crippen molar-refractivity contribution in [2.75, 3.05) is 13.1 Å². The van der Waals surface area contributed by atoms with Gasteiger partial charge in [0, 0.05) is 12.6 Å². The van der Waals surface area contributed by atoms with E-state index in [1.807, 2.05) is 13.8 Å². The van der Waals surface area contributed by atoms with Crippen LogP contribution in [0.2, 0.25) is 10.0 Å². The van der Waals surface area contributed by atoms with E-state index in [9.17, 15) is 9.59 Å². The average molecular weight is 330 g/mol. The first-order chi connectivity index (χ1) is 9.79. The third-order valence-electron chi connectivity index (χ3n) is 2.59. The summed E-state index contributed by atoms with van der Waals surface area (Å²) in [7, 11) is 0. The second kappa shape index (κ2) is 8.05. The Morgan fingerprint density at radius 3 is 2.48 bits per heavy atom. The maximum absolute atomic E-state index is 12.1. The Morgan fingerprint density at radius 2 is 1.95 bits per heavy atom. The van der Waals surface area contributed by atoms with E-state index in [2.05, 4.69) is 0 Å². The highest BCUT2D eigenvalue weighted by Gasteiger charge is 2.15. The molecule has 0 unspecified atom stereocenters. The van der Waals surface area contributed by atoms with Crippen molar-refractivity contribution < 1.29 is 14.7 Å². The van der Waals surface area contributed by atoms with Gasteiger partial charge in [0.15, 0.2) is 0 Å². The highest BCUT2D eigenvalue weighted by Crippen LogP contribution is 2.23. The van der Waals surface area contributed by atoms with Crippen LogP contribution in [0.4, 0.5) is 0 Å². The van der Waals surface area contributed by atoms with E-state index in [0.29, 0.717) is 16.6 Å². The topological polar surface area (TPSA) is 57.6 Å². The lowest BCUT2D eigenvalue weighted by Gasteiger charge is -2.21. The number of nitrogens with zero attached hydrogens (tertiary/aromatic N) is 1. The minimum atomic E-state index is -1.04. The monoisotopic (exact) mass is 329 g/mol. The zero-order valence-corrected chi connectivity index (χ0v) is 13.4. The number of benzene rings is 1. The maximum atomic E-state index is 12.1. The first-order valence-corrected chi connectivity index (χ1v) is 7.19. The lowest BCUT2D eigenvalue weighted by atomic mass is 10.2. The second-order valence-corrected chi connectivity index (χ2v) is 5.83. The molecular weight excluding hydrogens is 313 g/mol. The first-order valence-electron chi connectivity index (χ1n) is 6.43. The molecule has 0 heterocycles. The van der Waals surface area contributed by atoms with Crippen LogP contribution in [0.3, 0.4) is 0 Å². The summed E-state index contributed by atoms with van der Waals surface area (Å²) in [5, 5.41) is 9.68.